The van der Waals surface area contributed by atoms with E-state index in [9.17, 15) is 5.11 Å². The van der Waals surface area contributed by atoms with Gasteiger partial charge in [0.25, 0.3) is 0 Å². The van der Waals surface area contributed by atoms with E-state index in [0.29, 0.717) is 6.79 Å². The summed E-state index contributed by atoms with van der Waals surface area (Å²) in [7, 11) is 1.63. The van der Waals surface area contributed by atoms with Crippen molar-refractivity contribution in [2.24, 2.45) is 0 Å². The second-order valence-electron chi connectivity index (χ2n) is 4.59. The number of likely N-dealkylation sites (tertiary alicyclic amines) is 1. The minimum Gasteiger partial charge on any atom is -0.394 e. The molecule has 2 atom stereocenters. The van der Waals surface area contributed by atoms with Crippen molar-refractivity contribution >= 4 is 0 Å². The maximum atomic E-state index is 9.60. The summed E-state index contributed by atoms with van der Waals surface area (Å²) in [4.78, 5) is 2.27. The number of methoxy groups -OCH3 is 1. The zero-order valence-corrected chi connectivity index (χ0v) is 10.8. The van der Waals surface area contributed by atoms with Crippen molar-refractivity contribution in [1.82, 2.24) is 4.90 Å². The topological polar surface area (TPSA) is 41.9 Å². The zero-order chi connectivity index (χ0) is 12.8. The molecule has 1 saturated heterocycles. The molecule has 1 fully saturated rings. The average molecular weight is 251 g/mol. The van der Waals surface area contributed by atoms with Crippen molar-refractivity contribution in [3.63, 3.8) is 0 Å². The lowest BCUT2D eigenvalue weighted by atomic mass is 10.1. The lowest BCUT2D eigenvalue weighted by Crippen LogP contribution is -2.30. The van der Waals surface area contributed by atoms with Gasteiger partial charge in [-0.3, -0.25) is 4.90 Å². The Hall–Kier alpha value is -0.940. The quantitative estimate of drug-likeness (QED) is 0.776. The summed E-state index contributed by atoms with van der Waals surface area (Å²) in [5.74, 6) is 0. The van der Waals surface area contributed by atoms with Gasteiger partial charge in [-0.05, 0) is 12.0 Å². The molecule has 0 amide bonds. The van der Waals surface area contributed by atoms with Gasteiger partial charge in [0.05, 0.1) is 18.8 Å². The smallest absolute Gasteiger partial charge is 0.146 e. The number of nitrogens with zero attached hydrogens (tertiary/aromatic N) is 1. The highest BCUT2D eigenvalue weighted by Crippen LogP contribution is 2.25. The van der Waals surface area contributed by atoms with Gasteiger partial charge in [-0.15, -0.1) is 0 Å². The monoisotopic (exact) mass is 251 g/mol. The maximum Gasteiger partial charge on any atom is 0.146 e. The normalized spacial score (nSPS) is 22.2. The number of aliphatic hydroxyl groups is 1. The number of benzene rings is 1. The van der Waals surface area contributed by atoms with Gasteiger partial charge in [0.1, 0.15) is 6.79 Å². The summed E-state index contributed by atoms with van der Waals surface area (Å²) in [6, 6.07) is 10.2. The first kappa shape index (κ1) is 13.5. The van der Waals surface area contributed by atoms with Crippen LogP contribution in [0.25, 0.3) is 0 Å². The molecule has 1 N–H and O–H groups in total. The molecule has 0 aromatic heterocycles. The number of hydrogen-bond acceptors (Lipinski definition) is 4. The first-order valence-corrected chi connectivity index (χ1v) is 6.35. The van der Waals surface area contributed by atoms with Gasteiger partial charge >= 0.3 is 0 Å². The molecule has 100 valence electrons. The van der Waals surface area contributed by atoms with E-state index in [1.54, 1.807) is 7.11 Å². The van der Waals surface area contributed by atoms with Crippen LogP contribution in [0.2, 0.25) is 0 Å². The third kappa shape index (κ3) is 3.29. The van der Waals surface area contributed by atoms with Gasteiger partial charge in [0, 0.05) is 20.2 Å². The molecular formula is C14H21NO3. The van der Waals surface area contributed by atoms with Crippen LogP contribution in [-0.2, 0) is 9.47 Å². The Morgan fingerprint density at radius 2 is 2.17 bits per heavy atom. The van der Waals surface area contributed by atoms with Crippen LogP contribution in [0.4, 0.5) is 0 Å². The van der Waals surface area contributed by atoms with Crippen molar-refractivity contribution in [3.8, 4) is 0 Å². The van der Waals surface area contributed by atoms with Crippen LogP contribution in [0.15, 0.2) is 30.3 Å². The summed E-state index contributed by atoms with van der Waals surface area (Å²) >= 11 is 0. The van der Waals surface area contributed by atoms with Crippen molar-refractivity contribution in [2.45, 2.75) is 18.6 Å². The molecule has 1 heterocycles. The van der Waals surface area contributed by atoms with Crippen LogP contribution in [0, 0.1) is 0 Å². The first-order chi connectivity index (χ1) is 8.85. The first-order valence-electron chi connectivity index (χ1n) is 6.35. The van der Waals surface area contributed by atoms with Crippen molar-refractivity contribution < 1.29 is 14.6 Å². The predicted octanol–water partition coefficient (Wildman–Crippen LogP) is 1.41. The van der Waals surface area contributed by atoms with Gasteiger partial charge in [-0.1, -0.05) is 30.3 Å². The fraction of sp³-hybridized carbons (Fsp3) is 0.571. The van der Waals surface area contributed by atoms with E-state index in [4.69, 9.17) is 9.47 Å². The van der Waals surface area contributed by atoms with E-state index in [1.807, 2.05) is 18.2 Å². The maximum absolute atomic E-state index is 9.60. The molecule has 0 saturated carbocycles. The van der Waals surface area contributed by atoms with Gasteiger partial charge in [-0.25, -0.2) is 0 Å². The van der Waals surface area contributed by atoms with E-state index in [-0.39, 0.29) is 18.8 Å². The Morgan fingerprint density at radius 3 is 2.83 bits per heavy atom. The molecule has 0 aliphatic carbocycles. The third-order valence-electron chi connectivity index (χ3n) is 3.40. The summed E-state index contributed by atoms with van der Waals surface area (Å²) in [6.07, 6.45) is 1.20. The second-order valence-corrected chi connectivity index (χ2v) is 4.59. The number of rotatable bonds is 6. The fourth-order valence-electron chi connectivity index (χ4n) is 2.44. The molecule has 1 aliphatic heterocycles. The highest BCUT2D eigenvalue weighted by atomic mass is 16.7. The summed E-state index contributed by atoms with van der Waals surface area (Å²) in [5.41, 5.74) is 1.16. The molecule has 1 aromatic carbocycles. The zero-order valence-electron chi connectivity index (χ0n) is 10.8. The highest BCUT2D eigenvalue weighted by molar-refractivity contribution is 5.19. The molecule has 4 heteroatoms. The molecular weight excluding hydrogens is 230 g/mol. The summed E-state index contributed by atoms with van der Waals surface area (Å²) < 4.78 is 10.5. The van der Waals surface area contributed by atoms with E-state index in [0.717, 1.165) is 25.1 Å². The number of hydrogen-bond donors (Lipinski definition) is 1. The second kappa shape index (κ2) is 6.85. The van der Waals surface area contributed by atoms with Gasteiger partial charge in [0.2, 0.25) is 0 Å². The Labute approximate surface area is 108 Å². The lowest BCUT2D eigenvalue weighted by molar-refractivity contribution is -0.0684. The molecule has 18 heavy (non-hydrogen) atoms. The SMILES string of the molecule is COCO[C@H]1CCN(C(CO)c2ccccc2)C1. The van der Waals surface area contributed by atoms with E-state index in [2.05, 4.69) is 17.0 Å². The summed E-state index contributed by atoms with van der Waals surface area (Å²) in [5, 5.41) is 9.60. The molecule has 0 spiro atoms. The van der Waals surface area contributed by atoms with Crippen LogP contribution < -0.4 is 0 Å². The van der Waals surface area contributed by atoms with Crippen LogP contribution in [0.1, 0.15) is 18.0 Å². The summed E-state index contributed by atoms with van der Waals surface area (Å²) in [6.45, 7) is 2.28. The van der Waals surface area contributed by atoms with E-state index >= 15 is 0 Å². The van der Waals surface area contributed by atoms with Crippen LogP contribution in [0.5, 0.6) is 0 Å². The minimum atomic E-state index is 0.0716. The standard InChI is InChI=1S/C14H21NO3/c1-17-11-18-13-7-8-15(9-13)14(10-16)12-5-3-2-4-6-12/h2-6,13-14,16H,7-11H2,1H3/t13-,14?/m0/s1. The molecule has 1 unspecified atom stereocenters. The number of aliphatic hydroxyl groups excluding tert-OH is 1. The Kier molecular flexibility index (Phi) is 5.13. The third-order valence-corrected chi connectivity index (χ3v) is 3.40. The predicted molar refractivity (Wildman–Crippen MR) is 69.2 cm³/mol. The molecule has 4 nitrogen and oxygen atoms in total. The molecule has 1 aromatic rings. The van der Waals surface area contributed by atoms with Crippen molar-refractivity contribution in [3.05, 3.63) is 35.9 Å². The van der Waals surface area contributed by atoms with E-state index < -0.39 is 0 Å². The van der Waals surface area contributed by atoms with Crippen LogP contribution in [0.3, 0.4) is 0 Å². The molecule has 2 rings (SSSR count). The molecule has 0 bridgehead atoms. The highest BCUT2D eigenvalue weighted by Gasteiger charge is 2.29. The molecule has 0 radical (unpaired) electrons. The van der Waals surface area contributed by atoms with Gasteiger partial charge in [-0.2, -0.15) is 0 Å². The Bertz CT molecular complexity index is 344. The Balaban J connectivity index is 1.94. The number of ether oxygens (including phenoxy) is 2. The lowest BCUT2D eigenvalue weighted by Gasteiger charge is -2.26. The van der Waals surface area contributed by atoms with Gasteiger partial charge in [0.15, 0.2) is 0 Å². The minimum absolute atomic E-state index is 0.0716. The van der Waals surface area contributed by atoms with Crippen LogP contribution >= 0.6 is 0 Å². The van der Waals surface area contributed by atoms with Gasteiger partial charge < -0.3 is 14.6 Å². The van der Waals surface area contributed by atoms with Crippen molar-refractivity contribution in [1.29, 1.82) is 0 Å². The Morgan fingerprint density at radius 1 is 1.39 bits per heavy atom. The van der Waals surface area contributed by atoms with Crippen LogP contribution in [-0.4, -0.2) is 49.7 Å². The fourth-order valence-corrected chi connectivity index (χ4v) is 2.44. The van der Waals surface area contributed by atoms with E-state index in [1.165, 1.54) is 0 Å². The van der Waals surface area contributed by atoms with Crippen molar-refractivity contribution in [2.75, 3.05) is 33.6 Å². The largest absolute Gasteiger partial charge is 0.394 e. The average Bonchev–Trinajstić information content (AvgIpc) is 2.87. The molecule has 1 aliphatic rings.